The third kappa shape index (κ3) is 2.49. The number of aryl methyl sites for hydroxylation is 2. The Labute approximate surface area is 119 Å². The minimum atomic E-state index is -0.0481. The van der Waals surface area contributed by atoms with Crippen LogP contribution in [0.15, 0.2) is 24.4 Å². The highest BCUT2D eigenvalue weighted by Crippen LogP contribution is 2.34. The molecule has 2 rings (SSSR count). The summed E-state index contributed by atoms with van der Waals surface area (Å²) in [4.78, 5) is 0. The van der Waals surface area contributed by atoms with Gasteiger partial charge in [0.2, 0.25) is 0 Å². The van der Waals surface area contributed by atoms with E-state index in [1.807, 2.05) is 31.8 Å². The van der Waals surface area contributed by atoms with Crippen molar-refractivity contribution < 1.29 is 9.47 Å². The number of aromatic nitrogens is 2. The first-order chi connectivity index (χ1) is 9.62. The molecule has 1 aromatic carbocycles. The summed E-state index contributed by atoms with van der Waals surface area (Å²) in [7, 11) is 7.16. The molecule has 0 spiro atoms. The van der Waals surface area contributed by atoms with Gasteiger partial charge in [-0.15, -0.1) is 0 Å². The Morgan fingerprint density at radius 1 is 1.20 bits per heavy atom. The van der Waals surface area contributed by atoms with Crippen LogP contribution in [0.1, 0.15) is 22.9 Å². The zero-order valence-electron chi connectivity index (χ0n) is 12.6. The molecule has 0 aliphatic rings. The second kappa shape index (κ2) is 5.96. The van der Waals surface area contributed by atoms with Crippen LogP contribution in [0, 0.1) is 6.92 Å². The molecular formula is C15H21N3O2. The second-order valence-corrected chi connectivity index (χ2v) is 4.69. The van der Waals surface area contributed by atoms with Gasteiger partial charge in [-0.05, 0) is 25.6 Å². The van der Waals surface area contributed by atoms with Crippen molar-refractivity contribution >= 4 is 0 Å². The minimum Gasteiger partial charge on any atom is -0.496 e. The van der Waals surface area contributed by atoms with Crippen LogP contribution in [-0.2, 0) is 7.05 Å². The van der Waals surface area contributed by atoms with Crippen LogP contribution >= 0.6 is 0 Å². The third-order valence-corrected chi connectivity index (χ3v) is 3.43. The summed E-state index contributed by atoms with van der Waals surface area (Å²) in [6.07, 6.45) is 1.72. The van der Waals surface area contributed by atoms with E-state index in [0.29, 0.717) is 0 Å². The lowest BCUT2D eigenvalue weighted by molar-refractivity contribution is 0.392. The predicted octanol–water partition coefficient (Wildman–Crippen LogP) is 2.05. The van der Waals surface area contributed by atoms with E-state index in [0.717, 1.165) is 28.3 Å². The summed E-state index contributed by atoms with van der Waals surface area (Å²) in [6.45, 7) is 2.05. The summed E-state index contributed by atoms with van der Waals surface area (Å²) in [5.41, 5.74) is 3.19. The average Bonchev–Trinajstić information content (AvgIpc) is 2.82. The molecule has 1 unspecified atom stereocenters. The van der Waals surface area contributed by atoms with Gasteiger partial charge in [-0.2, -0.15) is 5.10 Å². The van der Waals surface area contributed by atoms with Crippen molar-refractivity contribution in [3.63, 3.8) is 0 Å². The Kier molecular flexibility index (Phi) is 4.29. The lowest BCUT2D eigenvalue weighted by Gasteiger charge is -2.21. The monoisotopic (exact) mass is 275 g/mol. The normalized spacial score (nSPS) is 12.2. The fourth-order valence-electron chi connectivity index (χ4n) is 2.41. The maximum atomic E-state index is 5.51. The van der Waals surface area contributed by atoms with E-state index in [4.69, 9.17) is 9.47 Å². The number of methoxy groups -OCH3 is 2. The largest absolute Gasteiger partial charge is 0.496 e. The number of nitrogens with zero attached hydrogens (tertiary/aromatic N) is 2. The van der Waals surface area contributed by atoms with Crippen molar-refractivity contribution in [3.8, 4) is 11.5 Å². The molecule has 20 heavy (non-hydrogen) atoms. The first-order valence-corrected chi connectivity index (χ1v) is 6.50. The first-order valence-electron chi connectivity index (χ1n) is 6.50. The van der Waals surface area contributed by atoms with E-state index in [9.17, 15) is 0 Å². The molecule has 1 N–H and O–H groups in total. The minimum absolute atomic E-state index is 0.0481. The van der Waals surface area contributed by atoms with Gasteiger partial charge in [0, 0.05) is 12.6 Å². The van der Waals surface area contributed by atoms with Crippen LogP contribution in [0.25, 0.3) is 0 Å². The van der Waals surface area contributed by atoms with E-state index >= 15 is 0 Å². The van der Waals surface area contributed by atoms with E-state index in [2.05, 4.69) is 22.5 Å². The molecule has 1 heterocycles. The molecule has 0 fully saturated rings. The van der Waals surface area contributed by atoms with Gasteiger partial charge in [-0.3, -0.25) is 4.68 Å². The summed E-state index contributed by atoms with van der Waals surface area (Å²) in [5, 5.41) is 7.58. The Bertz CT molecular complexity index is 593. The molecule has 1 atom stereocenters. The Hall–Kier alpha value is -2.01. The van der Waals surface area contributed by atoms with Crippen molar-refractivity contribution in [2.24, 2.45) is 7.05 Å². The summed E-state index contributed by atoms with van der Waals surface area (Å²) < 4.78 is 12.7. The van der Waals surface area contributed by atoms with Gasteiger partial charge in [0.25, 0.3) is 0 Å². The molecule has 0 aliphatic heterocycles. The fraction of sp³-hybridized carbons (Fsp3) is 0.400. The molecule has 0 amide bonds. The van der Waals surface area contributed by atoms with Gasteiger partial charge in [-0.25, -0.2) is 0 Å². The molecular weight excluding hydrogens is 254 g/mol. The summed E-state index contributed by atoms with van der Waals surface area (Å²) in [6, 6.07) is 6.13. The number of rotatable bonds is 5. The number of benzene rings is 1. The molecule has 0 aliphatic carbocycles. The number of hydrogen-bond donors (Lipinski definition) is 1. The number of hydrogen-bond acceptors (Lipinski definition) is 4. The van der Waals surface area contributed by atoms with Gasteiger partial charge >= 0.3 is 0 Å². The van der Waals surface area contributed by atoms with E-state index in [-0.39, 0.29) is 6.04 Å². The maximum Gasteiger partial charge on any atom is 0.161 e. The molecule has 0 radical (unpaired) electrons. The summed E-state index contributed by atoms with van der Waals surface area (Å²) in [5.74, 6) is 1.61. The number of ether oxygens (including phenoxy) is 2. The van der Waals surface area contributed by atoms with Crippen LogP contribution in [0.3, 0.4) is 0 Å². The topological polar surface area (TPSA) is 48.3 Å². The first kappa shape index (κ1) is 14.4. The Morgan fingerprint density at radius 3 is 2.50 bits per heavy atom. The average molecular weight is 275 g/mol. The van der Waals surface area contributed by atoms with Gasteiger partial charge in [-0.1, -0.05) is 12.1 Å². The quantitative estimate of drug-likeness (QED) is 0.907. The van der Waals surface area contributed by atoms with Crippen molar-refractivity contribution in [2.75, 3.05) is 21.3 Å². The highest BCUT2D eigenvalue weighted by Gasteiger charge is 2.23. The van der Waals surface area contributed by atoms with E-state index < -0.39 is 0 Å². The van der Waals surface area contributed by atoms with Gasteiger partial charge < -0.3 is 14.8 Å². The van der Waals surface area contributed by atoms with Crippen LogP contribution in [-0.4, -0.2) is 31.0 Å². The summed E-state index contributed by atoms with van der Waals surface area (Å²) >= 11 is 0. The Morgan fingerprint density at radius 2 is 1.90 bits per heavy atom. The van der Waals surface area contributed by atoms with Crippen LogP contribution < -0.4 is 14.8 Å². The Balaban J connectivity index is 2.55. The zero-order valence-corrected chi connectivity index (χ0v) is 12.6. The van der Waals surface area contributed by atoms with Crippen molar-refractivity contribution in [1.82, 2.24) is 15.1 Å². The standard InChI is InChI=1S/C15H21N3O2/c1-10-6-7-11(12(8-10)19-4)14(16-2)15-13(20-5)9-17-18(15)3/h6-9,14,16H,1-5H3. The van der Waals surface area contributed by atoms with Crippen molar-refractivity contribution in [2.45, 2.75) is 13.0 Å². The van der Waals surface area contributed by atoms with Crippen LogP contribution in [0.2, 0.25) is 0 Å². The molecule has 2 aromatic rings. The van der Waals surface area contributed by atoms with Crippen LogP contribution in [0.5, 0.6) is 11.5 Å². The lowest BCUT2D eigenvalue weighted by atomic mass is 10.0. The SMILES string of the molecule is CNC(c1ccc(C)cc1OC)c1c(OC)cnn1C. The number of nitrogens with one attached hydrogen (secondary N) is 1. The highest BCUT2D eigenvalue weighted by molar-refractivity contribution is 5.45. The molecule has 5 nitrogen and oxygen atoms in total. The smallest absolute Gasteiger partial charge is 0.161 e. The van der Waals surface area contributed by atoms with Gasteiger partial charge in [0.1, 0.15) is 11.4 Å². The molecule has 108 valence electrons. The van der Waals surface area contributed by atoms with Gasteiger partial charge in [0.05, 0.1) is 26.5 Å². The molecule has 0 saturated carbocycles. The fourth-order valence-corrected chi connectivity index (χ4v) is 2.41. The molecule has 1 aromatic heterocycles. The third-order valence-electron chi connectivity index (χ3n) is 3.43. The van der Waals surface area contributed by atoms with Gasteiger partial charge in [0.15, 0.2) is 5.75 Å². The van der Waals surface area contributed by atoms with Crippen molar-refractivity contribution in [1.29, 1.82) is 0 Å². The highest BCUT2D eigenvalue weighted by atomic mass is 16.5. The molecule has 5 heteroatoms. The predicted molar refractivity (Wildman–Crippen MR) is 78.4 cm³/mol. The molecule has 0 saturated heterocycles. The second-order valence-electron chi connectivity index (χ2n) is 4.69. The van der Waals surface area contributed by atoms with E-state index in [1.165, 1.54) is 0 Å². The van der Waals surface area contributed by atoms with Crippen LogP contribution in [0.4, 0.5) is 0 Å². The zero-order chi connectivity index (χ0) is 14.7. The van der Waals surface area contributed by atoms with E-state index in [1.54, 1.807) is 20.4 Å². The lowest BCUT2D eigenvalue weighted by Crippen LogP contribution is -2.22. The molecule has 0 bridgehead atoms. The van der Waals surface area contributed by atoms with Crippen molar-refractivity contribution in [3.05, 3.63) is 41.2 Å². The maximum absolute atomic E-state index is 5.51.